The topological polar surface area (TPSA) is 107 Å². The highest BCUT2D eigenvalue weighted by molar-refractivity contribution is 5.87. The number of carbonyl (C=O) groups excluding carboxylic acids is 2. The molecule has 2 amide bonds. The molecule has 1 atom stereocenters. The zero-order valence-corrected chi connectivity index (χ0v) is 27.2. The first kappa shape index (κ1) is 33.6. The number of amides is 2. The third-order valence-corrected chi connectivity index (χ3v) is 8.48. The zero-order chi connectivity index (χ0) is 32.3. The summed E-state index contributed by atoms with van der Waals surface area (Å²) in [6.45, 7) is 18.1. The number of hydrogen-bond donors (Lipinski definition) is 1. The number of aromatic nitrogens is 3. The van der Waals surface area contributed by atoms with Gasteiger partial charge < -0.3 is 20.0 Å². The Morgan fingerprint density at radius 1 is 0.956 bits per heavy atom. The Balaban J connectivity index is 0.00000226. The second kappa shape index (κ2) is 16.2. The van der Waals surface area contributed by atoms with E-state index in [9.17, 15) is 14.4 Å². The first-order chi connectivity index (χ1) is 21.9. The average molecular weight is 617 g/mol. The minimum Gasteiger partial charge on any atom is -0.368 e. The monoisotopic (exact) mass is 616 g/mol. The summed E-state index contributed by atoms with van der Waals surface area (Å²) in [5.74, 6) is 0.631. The number of pyridine rings is 1. The second-order valence-electron chi connectivity index (χ2n) is 11.2. The molecule has 3 aromatic rings. The number of rotatable bonds is 10. The van der Waals surface area contributed by atoms with Crippen LogP contribution in [0, 0.1) is 0 Å². The fourth-order valence-corrected chi connectivity index (χ4v) is 5.95. The van der Waals surface area contributed by atoms with Crippen LogP contribution in [0.25, 0.3) is 11.0 Å². The Hall–Kier alpha value is -4.25. The summed E-state index contributed by atoms with van der Waals surface area (Å²) in [6.07, 6.45) is 5.52. The lowest BCUT2D eigenvalue weighted by molar-refractivity contribution is -0.131. The Morgan fingerprint density at radius 2 is 1.67 bits per heavy atom. The van der Waals surface area contributed by atoms with Crippen LogP contribution in [0.4, 0.5) is 17.3 Å². The van der Waals surface area contributed by atoms with Crippen molar-refractivity contribution in [3.8, 4) is 0 Å². The van der Waals surface area contributed by atoms with E-state index < -0.39 is 0 Å². The summed E-state index contributed by atoms with van der Waals surface area (Å²) >= 11 is 0. The summed E-state index contributed by atoms with van der Waals surface area (Å²) in [4.78, 5) is 55.0. The fraction of sp³-hybridized carbons (Fsp3) is 0.500. The third-order valence-electron chi connectivity index (χ3n) is 8.48. The van der Waals surface area contributed by atoms with Crippen molar-refractivity contribution in [2.24, 2.45) is 0 Å². The highest BCUT2D eigenvalue weighted by Crippen LogP contribution is 2.22. The Morgan fingerprint density at radius 3 is 2.33 bits per heavy atom. The largest absolute Gasteiger partial charge is 0.368 e. The molecule has 2 aromatic heterocycles. The van der Waals surface area contributed by atoms with Crippen molar-refractivity contribution in [2.45, 2.75) is 59.5 Å². The van der Waals surface area contributed by atoms with Gasteiger partial charge in [0, 0.05) is 100 Å². The molecule has 4 heterocycles. The molecule has 11 nitrogen and oxygen atoms in total. The molecule has 2 fully saturated rings. The zero-order valence-electron chi connectivity index (χ0n) is 27.2. The molecule has 2 aliphatic rings. The maximum atomic E-state index is 13.0. The van der Waals surface area contributed by atoms with Crippen LogP contribution in [0.3, 0.4) is 0 Å². The minimum absolute atomic E-state index is 0.0342. The fourth-order valence-electron chi connectivity index (χ4n) is 5.95. The van der Waals surface area contributed by atoms with Gasteiger partial charge >= 0.3 is 0 Å². The van der Waals surface area contributed by atoms with E-state index in [1.54, 1.807) is 22.9 Å². The molecule has 1 N–H and O–H groups in total. The maximum Gasteiger partial charge on any atom is 0.252 e. The van der Waals surface area contributed by atoms with Gasteiger partial charge in [-0.1, -0.05) is 34.3 Å². The standard InChI is InChI=1S/C32H42N8O3.C2H6/c1-4-7-29(42)38-17-14-37(15-18-38)27-11-9-25(10-12-27)34-32-33-22-24-8-13-30(43)40(31(24)35-32)21-20-36-16-19-39(28(41)6-3)23-26(36)5-2;1-2/h6,8-13,22,26H,3-5,7,14-21,23H2,1-2H3,(H,33,34,35);1-2H3. The van der Waals surface area contributed by atoms with Crippen molar-refractivity contribution in [3.05, 3.63) is 65.6 Å². The lowest BCUT2D eigenvalue weighted by Gasteiger charge is -2.41. The molecular weight excluding hydrogens is 568 g/mol. The van der Waals surface area contributed by atoms with Crippen molar-refractivity contribution in [3.63, 3.8) is 0 Å². The molecule has 1 aromatic carbocycles. The molecule has 1 unspecified atom stereocenters. The Bertz CT molecular complexity index is 1500. The maximum absolute atomic E-state index is 13.0. The van der Waals surface area contributed by atoms with E-state index in [2.05, 4.69) is 45.7 Å². The van der Waals surface area contributed by atoms with E-state index in [4.69, 9.17) is 4.98 Å². The van der Waals surface area contributed by atoms with E-state index >= 15 is 0 Å². The van der Waals surface area contributed by atoms with Gasteiger partial charge in [0.2, 0.25) is 17.8 Å². The van der Waals surface area contributed by atoms with Crippen molar-refractivity contribution in [1.29, 1.82) is 0 Å². The number of fused-ring (bicyclic) bond motifs is 1. The molecule has 2 saturated heterocycles. The molecule has 0 saturated carbocycles. The van der Waals surface area contributed by atoms with Gasteiger partial charge in [0.15, 0.2) is 0 Å². The number of nitrogens with zero attached hydrogens (tertiary/aromatic N) is 7. The minimum atomic E-state index is -0.105. The van der Waals surface area contributed by atoms with Gasteiger partial charge in [-0.2, -0.15) is 4.98 Å². The van der Waals surface area contributed by atoms with E-state index in [1.165, 1.54) is 6.08 Å². The third kappa shape index (κ3) is 8.27. The molecule has 0 bridgehead atoms. The van der Waals surface area contributed by atoms with Crippen LogP contribution in [-0.4, -0.2) is 99.4 Å². The summed E-state index contributed by atoms with van der Waals surface area (Å²) in [5, 5.41) is 4.08. The Kier molecular flexibility index (Phi) is 12.1. The van der Waals surface area contributed by atoms with Gasteiger partial charge in [-0.15, -0.1) is 0 Å². The van der Waals surface area contributed by atoms with E-state index in [0.29, 0.717) is 44.2 Å². The van der Waals surface area contributed by atoms with Crippen molar-refractivity contribution < 1.29 is 9.59 Å². The molecule has 0 aliphatic carbocycles. The SMILES string of the molecule is C=CC(=O)N1CCN(CCn2c(=O)ccc3cnc(Nc4ccc(N5CCN(C(=O)CCC)CC5)cc4)nc32)C(CC)C1.CC. The lowest BCUT2D eigenvalue weighted by atomic mass is 10.1. The van der Waals surface area contributed by atoms with E-state index in [-0.39, 0.29) is 23.4 Å². The molecule has 11 heteroatoms. The lowest BCUT2D eigenvalue weighted by Crippen LogP contribution is -2.55. The number of hydrogen-bond acceptors (Lipinski definition) is 8. The van der Waals surface area contributed by atoms with Gasteiger partial charge in [-0.3, -0.25) is 23.9 Å². The van der Waals surface area contributed by atoms with Gasteiger partial charge in [0.05, 0.1) is 0 Å². The van der Waals surface area contributed by atoms with Crippen LogP contribution in [0.1, 0.15) is 47.0 Å². The van der Waals surface area contributed by atoms with Gasteiger partial charge in [-0.05, 0) is 49.2 Å². The number of anilines is 3. The predicted octanol–water partition coefficient (Wildman–Crippen LogP) is 4.12. The molecule has 0 spiro atoms. The van der Waals surface area contributed by atoms with Crippen LogP contribution in [0.2, 0.25) is 0 Å². The summed E-state index contributed by atoms with van der Waals surface area (Å²) in [6, 6.07) is 11.7. The predicted molar refractivity (Wildman–Crippen MR) is 181 cm³/mol. The first-order valence-electron chi connectivity index (χ1n) is 16.3. The van der Waals surface area contributed by atoms with Gasteiger partial charge in [0.25, 0.3) is 5.56 Å². The highest BCUT2D eigenvalue weighted by Gasteiger charge is 2.27. The quantitative estimate of drug-likeness (QED) is 0.339. The molecule has 45 heavy (non-hydrogen) atoms. The summed E-state index contributed by atoms with van der Waals surface area (Å²) < 4.78 is 1.71. The highest BCUT2D eigenvalue weighted by atomic mass is 16.2. The van der Waals surface area contributed by atoms with Gasteiger partial charge in [-0.25, -0.2) is 4.98 Å². The van der Waals surface area contributed by atoms with Crippen molar-refractivity contribution >= 4 is 40.2 Å². The van der Waals surface area contributed by atoms with Crippen LogP contribution in [0.15, 0.2) is 60.0 Å². The van der Waals surface area contributed by atoms with Crippen molar-refractivity contribution in [2.75, 3.05) is 62.6 Å². The van der Waals surface area contributed by atoms with Crippen LogP contribution >= 0.6 is 0 Å². The molecular formula is C34H48N8O3. The number of nitrogens with one attached hydrogen (secondary N) is 1. The Labute approximate surface area is 266 Å². The smallest absolute Gasteiger partial charge is 0.252 e. The number of piperazine rings is 2. The number of benzene rings is 1. The molecule has 0 radical (unpaired) electrons. The molecule has 2 aliphatic heterocycles. The summed E-state index contributed by atoms with van der Waals surface area (Å²) in [7, 11) is 0. The normalized spacial score (nSPS) is 17.1. The summed E-state index contributed by atoms with van der Waals surface area (Å²) in [5.41, 5.74) is 2.45. The first-order valence-corrected chi connectivity index (χ1v) is 16.3. The van der Waals surface area contributed by atoms with Crippen LogP contribution in [0.5, 0.6) is 0 Å². The van der Waals surface area contributed by atoms with Crippen LogP contribution in [-0.2, 0) is 16.1 Å². The van der Waals surface area contributed by atoms with E-state index in [1.807, 2.05) is 42.7 Å². The van der Waals surface area contributed by atoms with Crippen LogP contribution < -0.4 is 15.8 Å². The molecule has 5 rings (SSSR count). The van der Waals surface area contributed by atoms with Crippen molar-refractivity contribution in [1.82, 2.24) is 29.2 Å². The average Bonchev–Trinajstić information content (AvgIpc) is 3.09. The van der Waals surface area contributed by atoms with Gasteiger partial charge in [0.1, 0.15) is 5.65 Å². The second-order valence-corrected chi connectivity index (χ2v) is 11.2. The molecule has 242 valence electrons. The number of carbonyl (C=O) groups is 2. The van der Waals surface area contributed by atoms with E-state index in [0.717, 1.165) is 62.3 Å².